The van der Waals surface area contributed by atoms with Crippen LogP contribution in [0.3, 0.4) is 0 Å². The smallest absolute Gasteiger partial charge is 0.335 e. The van der Waals surface area contributed by atoms with Crippen molar-refractivity contribution in [3.8, 4) is 11.5 Å². The van der Waals surface area contributed by atoms with Crippen molar-refractivity contribution in [1.29, 1.82) is 0 Å². The zero-order valence-corrected chi connectivity index (χ0v) is 15.9. The van der Waals surface area contributed by atoms with E-state index >= 15 is 0 Å². The third-order valence-electron chi connectivity index (χ3n) is 3.93. The maximum absolute atomic E-state index is 12.1. The molecule has 1 fully saturated rings. The zero-order chi connectivity index (χ0) is 20.7. The summed E-state index contributed by atoms with van der Waals surface area (Å²) in [6.07, 6.45) is 2.19. The number of amides is 5. The van der Waals surface area contributed by atoms with Crippen LogP contribution in [0.1, 0.15) is 18.9 Å². The number of nitrogens with zero attached hydrogens (tertiary/aromatic N) is 2. The number of hydrogen-bond acceptors (Lipinski definition) is 6. The average molecular weight is 389 g/mol. The molecule has 9 heteroatoms. The third kappa shape index (κ3) is 4.67. The fourth-order valence-electron chi connectivity index (χ4n) is 2.53. The molecule has 0 bridgehead atoms. The first-order valence-corrected chi connectivity index (χ1v) is 8.77. The van der Waals surface area contributed by atoms with Crippen LogP contribution in [0.15, 0.2) is 30.9 Å². The molecule has 0 unspecified atom stereocenters. The highest BCUT2D eigenvalue weighted by molar-refractivity contribution is 6.45. The fourth-order valence-corrected chi connectivity index (χ4v) is 2.53. The number of urea groups is 1. The van der Waals surface area contributed by atoms with E-state index in [9.17, 15) is 19.2 Å². The lowest BCUT2D eigenvalue weighted by molar-refractivity contribution is -0.143. The molecule has 1 aliphatic heterocycles. The highest BCUT2D eigenvalue weighted by atomic mass is 16.5. The van der Waals surface area contributed by atoms with Gasteiger partial charge in [-0.3, -0.25) is 19.3 Å². The van der Waals surface area contributed by atoms with Crippen LogP contribution in [0.2, 0.25) is 0 Å². The molecule has 0 aliphatic carbocycles. The molecule has 2 rings (SSSR count). The normalized spacial score (nSPS) is 13.7. The van der Waals surface area contributed by atoms with Crippen molar-refractivity contribution in [3.05, 3.63) is 36.4 Å². The van der Waals surface area contributed by atoms with Gasteiger partial charge in [-0.1, -0.05) is 19.1 Å². The van der Waals surface area contributed by atoms with Gasteiger partial charge in [0, 0.05) is 13.1 Å². The highest BCUT2D eigenvalue weighted by Gasteiger charge is 2.44. The molecule has 150 valence electrons. The topological polar surface area (TPSA) is 105 Å². The van der Waals surface area contributed by atoms with Gasteiger partial charge in [0.1, 0.15) is 6.54 Å². The second kappa shape index (κ2) is 9.54. The van der Waals surface area contributed by atoms with Gasteiger partial charge in [0.2, 0.25) is 5.91 Å². The lowest BCUT2D eigenvalue weighted by atomic mass is 10.2. The van der Waals surface area contributed by atoms with Gasteiger partial charge in [-0.25, -0.2) is 9.69 Å². The summed E-state index contributed by atoms with van der Waals surface area (Å²) in [7, 11) is 1.52. The SMILES string of the molecule is C=CCN1C(=O)C(=O)N(CC(=O)NCc2ccc(OCCC)c(OC)c2)C1=O. The molecule has 0 spiro atoms. The summed E-state index contributed by atoms with van der Waals surface area (Å²) in [5, 5.41) is 2.61. The van der Waals surface area contributed by atoms with E-state index in [0.717, 1.165) is 16.9 Å². The van der Waals surface area contributed by atoms with E-state index in [1.54, 1.807) is 18.2 Å². The maximum atomic E-state index is 12.1. The van der Waals surface area contributed by atoms with Gasteiger partial charge in [-0.15, -0.1) is 6.58 Å². The molecule has 0 atom stereocenters. The largest absolute Gasteiger partial charge is 0.493 e. The minimum absolute atomic E-state index is 0.0895. The molecule has 28 heavy (non-hydrogen) atoms. The van der Waals surface area contributed by atoms with E-state index in [-0.39, 0.29) is 13.1 Å². The number of imide groups is 2. The fraction of sp³-hybridized carbons (Fsp3) is 0.368. The molecule has 1 aromatic rings. The molecule has 1 heterocycles. The van der Waals surface area contributed by atoms with Crippen molar-refractivity contribution in [3.63, 3.8) is 0 Å². The minimum Gasteiger partial charge on any atom is -0.493 e. The van der Waals surface area contributed by atoms with Crippen LogP contribution in [-0.4, -0.2) is 60.4 Å². The molecule has 0 radical (unpaired) electrons. The van der Waals surface area contributed by atoms with E-state index in [1.165, 1.54) is 13.2 Å². The van der Waals surface area contributed by atoms with Gasteiger partial charge >= 0.3 is 17.8 Å². The Morgan fingerprint density at radius 3 is 2.54 bits per heavy atom. The number of benzene rings is 1. The summed E-state index contributed by atoms with van der Waals surface area (Å²) in [6.45, 7) is 5.52. The summed E-state index contributed by atoms with van der Waals surface area (Å²) in [5.74, 6) is -1.42. The van der Waals surface area contributed by atoms with Gasteiger partial charge in [0.05, 0.1) is 13.7 Å². The first-order chi connectivity index (χ1) is 13.4. The molecule has 0 aromatic heterocycles. The number of rotatable bonds is 10. The van der Waals surface area contributed by atoms with Crippen LogP contribution >= 0.6 is 0 Å². The second-order valence-corrected chi connectivity index (χ2v) is 5.99. The van der Waals surface area contributed by atoms with Gasteiger partial charge in [0.15, 0.2) is 11.5 Å². The lowest BCUT2D eigenvalue weighted by Crippen LogP contribution is -2.41. The first kappa shape index (κ1) is 20.9. The Hall–Kier alpha value is -3.36. The monoisotopic (exact) mass is 389 g/mol. The van der Waals surface area contributed by atoms with Crippen molar-refractivity contribution in [2.24, 2.45) is 0 Å². The molecule has 0 saturated carbocycles. The van der Waals surface area contributed by atoms with E-state index in [0.29, 0.717) is 23.0 Å². The van der Waals surface area contributed by atoms with Crippen molar-refractivity contribution < 1.29 is 28.7 Å². The van der Waals surface area contributed by atoms with Crippen LogP contribution in [0.25, 0.3) is 0 Å². The predicted molar refractivity (Wildman–Crippen MR) is 99.6 cm³/mol. The van der Waals surface area contributed by atoms with Crippen molar-refractivity contribution in [1.82, 2.24) is 15.1 Å². The Kier molecular flexibility index (Phi) is 7.14. The molecule has 5 amide bonds. The molecular formula is C19H23N3O6. The number of hydrogen-bond donors (Lipinski definition) is 1. The van der Waals surface area contributed by atoms with Crippen molar-refractivity contribution in [2.75, 3.05) is 26.8 Å². The van der Waals surface area contributed by atoms with Crippen LogP contribution in [0.4, 0.5) is 4.79 Å². The predicted octanol–water partition coefficient (Wildman–Crippen LogP) is 1.08. The summed E-state index contributed by atoms with van der Waals surface area (Å²) in [4.78, 5) is 49.2. The number of methoxy groups -OCH3 is 1. The molecule has 1 saturated heterocycles. The zero-order valence-electron chi connectivity index (χ0n) is 15.9. The van der Waals surface area contributed by atoms with Crippen LogP contribution < -0.4 is 14.8 Å². The van der Waals surface area contributed by atoms with Gasteiger partial charge in [0.25, 0.3) is 0 Å². The molecule has 9 nitrogen and oxygen atoms in total. The Balaban J connectivity index is 1.95. The lowest BCUT2D eigenvalue weighted by Gasteiger charge is -2.15. The summed E-state index contributed by atoms with van der Waals surface area (Å²) in [6, 6.07) is 4.42. The van der Waals surface area contributed by atoms with Crippen LogP contribution in [-0.2, 0) is 20.9 Å². The molecular weight excluding hydrogens is 366 g/mol. The number of ether oxygens (including phenoxy) is 2. The van der Waals surface area contributed by atoms with E-state index in [2.05, 4.69) is 11.9 Å². The number of carbonyl (C=O) groups excluding carboxylic acids is 4. The Morgan fingerprint density at radius 1 is 1.18 bits per heavy atom. The average Bonchev–Trinajstić information content (AvgIpc) is 2.89. The summed E-state index contributed by atoms with van der Waals surface area (Å²) in [5.41, 5.74) is 0.748. The second-order valence-electron chi connectivity index (χ2n) is 5.99. The summed E-state index contributed by atoms with van der Waals surface area (Å²) >= 11 is 0. The van der Waals surface area contributed by atoms with E-state index < -0.39 is 30.3 Å². The number of nitrogens with one attached hydrogen (secondary N) is 1. The van der Waals surface area contributed by atoms with E-state index in [4.69, 9.17) is 9.47 Å². The Bertz CT molecular complexity index is 792. The maximum Gasteiger partial charge on any atom is 0.335 e. The quantitative estimate of drug-likeness (QED) is 0.365. The Morgan fingerprint density at radius 2 is 1.89 bits per heavy atom. The van der Waals surface area contributed by atoms with E-state index in [1.807, 2.05) is 6.92 Å². The van der Waals surface area contributed by atoms with Crippen molar-refractivity contribution in [2.45, 2.75) is 19.9 Å². The molecule has 1 N–H and O–H groups in total. The van der Waals surface area contributed by atoms with Gasteiger partial charge < -0.3 is 14.8 Å². The summed E-state index contributed by atoms with van der Waals surface area (Å²) < 4.78 is 10.9. The van der Waals surface area contributed by atoms with Crippen molar-refractivity contribution >= 4 is 23.8 Å². The molecule has 1 aliphatic rings. The first-order valence-electron chi connectivity index (χ1n) is 8.77. The van der Waals surface area contributed by atoms with Crippen LogP contribution in [0.5, 0.6) is 11.5 Å². The standard InChI is InChI=1S/C19H23N3O6/c1-4-8-21-17(24)18(25)22(19(21)26)12-16(23)20-11-13-6-7-14(28-9-5-2)15(10-13)27-3/h4,6-7,10H,1,5,8-9,11-12H2,2-3H3,(H,20,23). The molecule has 1 aromatic carbocycles. The van der Waals surface area contributed by atoms with Crippen LogP contribution in [0, 0.1) is 0 Å². The van der Waals surface area contributed by atoms with Gasteiger partial charge in [-0.05, 0) is 24.1 Å². The minimum atomic E-state index is -1.03. The van der Waals surface area contributed by atoms with Gasteiger partial charge in [-0.2, -0.15) is 0 Å². The number of carbonyl (C=O) groups is 4. The Labute approximate surface area is 162 Å². The third-order valence-corrected chi connectivity index (χ3v) is 3.93. The highest BCUT2D eigenvalue weighted by Crippen LogP contribution is 2.28.